The largest absolute Gasteiger partial charge is 0.326 e. The van der Waals surface area contributed by atoms with Gasteiger partial charge in [-0.3, -0.25) is 9.59 Å². The molecule has 7 heteroatoms. The second-order valence-electron chi connectivity index (χ2n) is 6.49. The summed E-state index contributed by atoms with van der Waals surface area (Å²) in [7, 11) is 0. The van der Waals surface area contributed by atoms with Gasteiger partial charge in [-0.2, -0.15) is 0 Å². The van der Waals surface area contributed by atoms with E-state index in [0.29, 0.717) is 29.3 Å². The zero-order valence-corrected chi connectivity index (χ0v) is 15.7. The average Bonchev–Trinajstić information content (AvgIpc) is 3.14. The summed E-state index contributed by atoms with van der Waals surface area (Å²) >= 11 is 0. The lowest BCUT2D eigenvalue weighted by Gasteiger charge is -2.10. The van der Waals surface area contributed by atoms with Crippen LogP contribution in [0.1, 0.15) is 29.6 Å². The molecule has 1 unspecified atom stereocenters. The van der Waals surface area contributed by atoms with Gasteiger partial charge in [-0.05, 0) is 68.2 Å². The molecule has 0 radical (unpaired) electrons. The number of anilines is 2. The maximum absolute atomic E-state index is 13.2. The zero-order valence-electron chi connectivity index (χ0n) is 14.8. The summed E-state index contributed by atoms with van der Waals surface area (Å²) in [5, 5.41) is 8.77. The minimum Gasteiger partial charge on any atom is -0.326 e. The normalized spacial score (nSPS) is 15.7. The molecular formula is C20H23ClFN3O2. The maximum Gasteiger partial charge on any atom is 0.255 e. The van der Waals surface area contributed by atoms with Crippen LogP contribution in [-0.4, -0.2) is 24.9 Å². The van der Waals surface area contributed by atoms with Gasteiger partial charge in [-0.15, -0.1) is 12.4 Å². The molecule has 0 saturated carbocycles. The van der Waals surface area contributed by atoms with Gasteiger partial charge in [0, 0.05) is 23.4 Å². The quantitative estimate of drug-likeness (QED) is 0.700. The average molecular weight is 392 g/mol. The Morgan fingerprint density at radius 2 is 1.81 bits per heavy atom. The first-order valence-corrected chi connectivity index (χ1v) is 8.78. The summed E-state index contributed by atoms with van der Waals surface area (Å²) in [6.07, 6.45) is 2.44. The number of halogens is 2. The van der Waals surface area contributed by atoms with Crippen LogP contribution in [-0.2, 0) is 4.79 Å². The Balaban J connectivity index is 0.00000261. The third-order valence-corrected chi connectivity index (χ3v) is 4.43. The monoisotopic (exact) mass is 391 g/mol. The van der Waals surface area contributed by atoms with Crippen molar-refractivity contribution in [2.45, 2.75) is 19.3 Å². The third-order valence-electron chi connectivity index (χ3n) is 4.43. The number of carbonyl (C=O) groups excluding carboxylic acids is 2. The molecule has 27 heavy (non-hydrogen) atoms. The molecule has 5 nitrogen and oxygen atoms in total. The third kappa shape index (κ3) is 6.34. The lowest BCUT2D eigenvalue weighted by Crippen LogP contribution is -2.16. The molecular weight excluding hydrogens is 369 g/mol. The van der Waals surface area contributed by atoms with Crippen molar-refractivity contribution in [3.63, 3.8) is 0 Å². The first-order chi connectivity index (χ1) is 12.6. The minimum atomic E-state index is -0.415. The van der Waals surface area contributed by atoms with Gasteiger partial charge in [0.05, 0.1) is 0 Å². The predicted octanol–water partition coefficient (Wildman–Crippen LogP) is 3.83. The van der Waals surface area contributed by atoms with Crippen molar-refractivity contribution in [2.24, 2.45) is 5.92 Å². The summed E-state index contributed by atoms with van der Waals surface area (Å²) in [6, 6.07) is 12.4. The Hall–Kier alpha value is -2.44. The molecule has 2 aromatic carbocycles. The highest BCUT2D eigenvalue weighted by Crippen LogP contribution is 2.17. The summed E-state index contributed by atoms with van der Waals surface area (Å²) in [5.74, 6) is -0.270. The molecule has 1 aliphatic heterocycles. The summed E-state index contributed by atoms with van der Waals surface area (Å²) < 4.78 is 13.2. The van der Waals surface area contributed by atoms with Crippen molar-refractivity contribution in [3.8, 4) is 0 Å². The van der Waals surface area contributed by atoms with Gasteiger partial charge in [0.25, 0.3) is 5.91 Å². The van der Waals surface area contributed by atoms with E-state index in [9.17, 15) is 14.0 Å². The first-order valence-electron chi connectivity index (χ1n) is 8.78. The molecule has 1 aliphatic rings. The Kier molecular flexibility index (Phi) is 7.76. The van der Waals surface area contributed by atoms with Crippen LogP contribution in [0, 0.1) is 11.7 Å². The fourth-order valence-electron chi connectivity index (χ4n) is 3.03. The molecule has 1 fully saturated rings. The molecule has 1 saturated heterocycles. The van der Waals surface area contributed by atoms with Crippen LogP contribution < -0.4 is 16.0 Å². The van der Waals surface area contributed by atoms with Crippen LogP contribution in [0.15, 0.2) is 48.5 Å². The molecule has 144 valence electrons. The molecule has 1 heterocycles. The molecule has 0 aromatic heterocycles. The molecule has 0 spiro atoms. The summed E-state index contributed by atoms with van der Waals surface area (Å²) in [5.41, 5.74) is 1.35. The van der Waals surface area contributed by atoms with E-state index >= 15 is 0 Å². The van der Waals surface area contributed by atoms with Crippen LogP contribution in [0.5, 0.6) is 0 Å². The van der Waals surface area contributed by atoms with E-state index in [1.54, 1.807) is 30.3 Å². The Labute approximate surface area is 164 Å². The Bertz CT molecular complexity index is 794. The lowest BCUT2D eigenvalue weighted by atomic mass is 10.0. The highest BCUT2D eigenvalue weighted by atomic mass is 35.5. The van der Waals surface area contributed by atoms with Crippen molar-refractivity contribution in [2.75, 3.05) is 23.7 Å². The summed E-state index contributed by atoms with van der Waals surface area (Å²) in [6.45, 7) is 2.00. The van der Waals surface area contributed by atoms with Crippen molar-refractivity contribution >= 4 is 35.6 Å². The standard InChI is InChI=1S/C20H22FN3O2.ClH/c21-16-4-2-6-18(12-16)24-20(26)15-3-1-5-17(11-15)23-19(25)8-7-14-9-10-22-13-14;/h1-6,11-12,14,22H,7-10,13H2,(H,23,25)(H,24,26);1H. The minimum absolute atomic E-state index is 0. The van der Waals surface area contributed by atoms with Gasteiger partial charge in [0.2, 0.25) is 5.91 Å². The number of hydrogen-bond acceptors (Lipinski definition) is 3. The molecule has 0 aliphatic carbocycles. The number of nitrogens with one attached hydrogen (secondary N) is 3. The smallest absolute Gasteiger partial charge is 0.255 e. The molecule has 2 amide bonds. The fraction of sp³-hybridized carbons (Fsp3) is 0.300. The maximum atomic E-state index is 13.2. The SMILES string of the molecule is Cl.O=C(CCC1CCNC1)Nc1cccc(C(=O)Nc2cccc(F)c2)c1. The van der Waals surface area contributed by atoms with Crippen LogP contribution in [0.2, 0.25) is 0 Å². The first kappa shape index (κ1) is 20.9. The van der Waals surface area contributed by atoms with Crippen LogP contribution in [0.3, 0.4) is 0 Å². The molecule has 2 aromatic rings. The van der Waals surface area contributed by atoms with Crippen molar-refractivity contribution < 1.29 is 14.0 Å². The summed E-state index contributed by atoms with van der Waals surface area (Å²) in [4.78, 5) is 24.4. The predicted molar refractivity (Wildman–Crippen MR) is 107 cm³/mol. The van der Waals surface area contributed by atoms with Crippen molar-refractivity contribution in [1.29, 1.82) is 0 Å². The Morgan fingerprint density at radius 3 is 2.52 bits per heavy atom. The van der Waals surface area contributed by atoms with E-state index < -0.39 is 5.82 Å². The Morgan fingerprint density at radius 1 is 1.07 bits per heavy atom. The van der Waals surface area contributed by atoms with Gasteiger partial charge in [0.15, 0.2) is 0 Å². The van der Waals surface area contributed by atoms with Gasteiger partial charge < -0.3 is 16.0 Å². The van der Waals surface area contributed by atoms with Crippen molar-refractivity contribution in [3.05, 3.63) is 59.9 Å². The number of amides is 2. The highest BCUT2D eigenvalue weighted by Gasteiger charge is 2.16. The van der Waals surface area contributed by atoms with Crippen LogP contribution in [0.25, 0.3) is 0 Å². The van der Waals surface area contributed by atoms with E-state index in [2.05, 4.69) is 16.0 Å². The van der Waals surface area contributed by atoms with Gasteiger partial charge in [-0.25, -0.2) is 4.39 Å². The van der Waals surface area contributed by atoms with E-state index in [1.807, 2.05) is 0 Å². The van der Waals surface area contributed by atoms with E-state index in [4.69, 9.17) is 0 Å². The fourth-order valence-corrected chi connectivity index (χ4v) is 3.03. The van der Waals surface area contributed by atoms with Gasteiger partial charge >= 0.3 is 0 Å². The topological polar surface area (TPSA) is 70.2 Å². The van der Waals surface area contributed by atoms with Gasteiger partial charge in [-0.1, -0.05) is 12.1 Å². The highest BCUT2D eigenvalue weighted by molar-refractivity contribution is 6.05. The number of hydrogen-bond donors (Lipinski definition) is 3. The molecule has 3 N–H and O–H groups in total. The van der Waals surface area contributed by atoms with E-state index in [1.165, 1.54) is 18.2 Å². The van der Waals surface area contributed by atoms with E-state index in [0.717, 1.165) is 25.9 Å². The number of rotatable bonds is 6. The van der Waals surface area contributed by atoms with Gasteiger partial charge in [0.1, 0.15) is 5.82 Å². The van der Waals surface area contributed by atoms with E-state index in [-0.39, 0.29) is 24.2 Å². The number of benzene rings is 2. The van der Waals surface area contributed by atoms with Crippen LogP contribution >= 0.6 is 12.4 Å². The lowest BCUT2D eigenvalue weighted by molar-refractivity contribution is -0.116. The molecule has 0 bridgehead atoms. The second kappa shape index (κ2) is 10.0. The second-order valence-corrected chi connectivity index (χ2v) is 6.49. The number of carbonyl (C=O) groups is 2. The molecule has 3 rings (SSSR count). The zero-order chi connectivity index (χ0) is 18.4. The molecule has 1 atom stereocenters. The van der Waals surface area contributed by atoms with Crippen molar-refractivity contribution in [1.82, 2.24) is 5.32 Å². The van der Waals surface area contributed by atoms with Crippen LogP contribution in [0.4, 0.5) is 15.8 Å².